The smallest absolute Gasteiger partial charge is 0.251 e. The minimum atomic E-state index is -0.0347. The van der Waals surface area contributed by atoms with E-state index in [2.05, 4.69) is 16.3 Å². The maximum absolute atomic E-state index is 12.5. The van der Waals surface area contributed by atoms with Crippen LogP contribution in [0.2, 0.25) is 5.02 Å². The number of hydrogen-bond acceptors (Lipinski definition) is 2. The average Bonchev–Trinajstić information content (AvgIpc) is 2.93. The third-order valence-electron chi connectivity index (χ3n) is 4.84. The fraction of sp³-hybridized carbons (Fsp3) is 0.381. The summed E-state index contributed by atoms with van der Waals surface area (Å²) >= 11 is 6.47. The molecule has 0 bridgehead atoms. The van der Waals surface area contributed by atoms with E-state index in [0.29, 0.717) is 12.1 Å². The predicted molar refractivity (Wildman–Crippen MR) is 103 cm³/mol. The van der Waals surface area contributed by atoms with Gasteiger partial charge in [0, 0.05) is 17.1 Å². The molecule has 1 saturated heterocycles. The zero-order valence-corrected chi connectivity index (χ0v) is 15.2. The first-order chi connectivity index (χ1) is 12.3. The van der Waals surface area contributed by atoms with Gasteiger partial charge in [-0.3, -0.25) is 9.69 Å². The molecule has 0 aromatic heterocycles. The molecule has 1 fully saturated rings. The van der Waals surface area contributed by atoms with Crippen molar-refractivity contribution in [2.45, 2.75) is 31.7 Å². The Kier molecular flexibility index (Phi) is 6.48. The first kappa shape index (κ1) is 18.0. The van der Waals surface area contributed by atoms with Crippen LogP contribution in [0.15, 0.2) is 54.6 Å². The molecule has 1 aliphatic rings. The quantitative estimate of drug-likeness (QED) is 0.843. The fourth-order valence-electron chi connectivity index (χ4n) is 3.47. The third-order valence-corrected chi connectivity index (χ3v) is 5.18. The van der Waals surface area contributed by atoms with Crippen molar-refractivity contribution < 1.29 is 4.79 Å². The van der Waals surface area contributed by atoms with Crippen molar-refractivity contribution in [3.63, 3.8) is 0 Å². The number of amides is 1. The van der Waals surface area contributed by atoms with Crippen LogP contribution in [0.5, 0.6) is 0 Å². The van der Waals surface area contributed by atoms with Gasteiger partial charge >= 0.3 is 0 Å². The lowest BCUT2D eigenvalue weighted by molar-refractivity contribution is 0.0933. The van der Waals surface area contributed by atoms with E-state index in [-0.39, 0.29) is 11.9 Å². The highest BCUT2D eigenvalue weighted by atomic mass is 35.5. The van der Waals surface area contributed by atoms with Crippen LogP contribution < -0.4 is 5.32 Å². The van der Waals surface area contributed by atoms with Crippen LogP contribution >= 0.6 is 11.6 Å². The molecule has 0 radical (unpaired) electrons. The van der Waals surface area contributed by atoms with Gasteiger partial charge in [-0.15, -0.1) is 0 Å². The van der Waals surface area contributed by atoms with Gasteiger partial charge in [0.05, 0.1) is 6.04 Å². The van der Waals surface area contributed by atoms with Crippen LogP contribution in [0.4, 0.5) is 0 Å². The molecule has 1 amide bonds. The van der Waals surface area contributed by atoms with Gasteiger partial charge in [0.2, 0.25) is 0 Å². The molecule has 1 N–H and O–H groups in total. The second-order valence-corrected chi connectivity index (χ2v) is 6.97. The molecule has 0 spiro atoms. The fourth-order valence-corrected chi connectivity index (χ4v) is 3.73. The standard InChI is InChI=1S/C21H25ClN2O/c22-19-13-7-6-12-18(19)20(24-14-8-1-2-9-15-24)16-23-21(25)17-10-4-3-5-11-17/h3-7,10-13,20H,1-2,8-9,14-16H2,(H,23,25)/t20-/m1/s1. The molecule has 1 aliphatic heterocycles. The Morgan fingerprint density at radius 1 is 0.960 bits per heavy atom. The maximum Gasteiger partial charge on any atom is 0.251 e. The van der Waals surface area contributed by atoms with E-state index in [9.17, 15) is 4.79 Å². The van der Waals surface area contributed by atoms with Gasteiger partial charge in [-0.25, -0.2) is 0 Å². The average molecular weight is 357 g/mol. The highest BCUT2D eigenvalue weighted by molar-refractivity contribution is 6.31. The van der Waals surface area contributed by atoms with E-state index in [1.165, 1.54) is 25.7 Å². The molecule has 3 rings (SSSR count). The van der Waals surface area contributed by atoms with E-state index < -0.39 is 0 Å². The lowest BCUT2D eigenvalue weighted by Gasteiger charge is -2.31. The summed E-state index contributed by atoms with van der Waals surface area (Å²) < 4.78 is 0. The van der Waals surface area contributed by atoms with E-state index in [4.69, 9.17) is 11.6 Å². The van der Waals surface area contributed by atoms with E-state index in [1.54, 1.807) is 0 Å². The third kappa shape index (κ3) is 4.83. The summed E-state index contributed by atoms with van der Waals surface area (Å²) in [5.41, 5.74) is 1.79. The van der Waals surface area contributed by atoms with Gasteiger partial charge in [0.25, 0.3) is 5.91 Å². The van der Waals surface area contributed by atoms with Crippen LogP contribution in [0.25, 0.3) is 0 Å². The molecule has 4 heteroatoms. The summed E-state index contributed by atoms with van der Waals surface area (Å²) in [6.07, 6.45) is 4.96. The highest BCUT2D eigenvalue weighted by Crippen LogP contribution is 2.29. The lowest BCUT2D eigenvalue weighted by atomic mass is 10.0. The highest BCUT2D eigenvalue weighted by Gasteiger charge is 2.24. The normalized spacial score (nSPS) is 16.8. The molecule has 0 unspecified atom stereocenters. The van der Waals surface area contributed by atoms with Crippen molar-refractivity contribution in [3.05, 3.63) is 70.7 Å². The topological polar surface area (TPSA) is 32.3 Å². The van der Waals surface area contributed by atoms with Gasteiger partial charge in [-0.1, -0.05) is 60.8 Å². The summed E-state index contributed by atoms with van der Waals surface area (Å²) in [4.78, 5) is 14.9. The number of hydrogen-bond donors (Lipinski definition) is 1. The molecule has 2 aromatic rings. The maximum atomic E-state index is 12.5. The van der Waals surface area contributed by atoms with Crippen molar-refractivity contribution in [1.82, 2.24) is 10.2 Å². The van der Waals surface area contributed by atoms with Crippen molar-refractivity contribution in [2.24, 2.45) is 0 Å². The van der Waals surface area contributed by atoms with Crippen molar-refractivity contribution in [1.29, 1.82) is 0 Å². The molecular formula is C21H25ClN2O. The Morgan fingerprint density at radius 3 is 2.28 bits per heavy atom. The summed E-state index contributed by atoms with van der Waals surface area (Å²) in [6.45, 7) is 2.67. The van der Waals surface area contributed by atoms with E-state index >= 15 is 0 Å². The number of carbonyl (C=O) groups is 1. The van der Waals surface area contributed by atoms with Crippen molar-refractivity contribution in [3.8, 4) is 0 Å². The molecule has 0 saturated carbocycles. The number of nitrogens with one attached hydrogen (secondary N) is 1. The van der Waals surface area contributed by atoms with Crippen molar-refractivity contribution >= 4 is 17.5 Å². The second-order valence-electron chi connectivity index (χ2n) is 6.56. The Balaban J connectivity index is 1.76. The van der Waals surface area contributed by atoms with Gasteiger partial charge in [0.15, 0.2) is 0 Å². The zero-order chi connectivity index (χ0) is 17.5. The number of rotatable bonds is 5. The van der Waals surface area contributed by atoms with Gasteiger partial charge < -0.3 is 5.32 Å². The van der Waals surface area contributed by atoms with Crippen LogP contribution in [-0.2, 0) is 0 Å². The molecule has 1 heterocycles. The van der Waals surface area contributed by atoms with Crippen molar-refractivity contribution in [2.75, 3.05) is 19.6 Å². The molecule has 1 atom stereocenters. The summed E-state index contributed by atoms with van der Waals surface area (Å²) in [5.74, 6) is -0.0347. The predicted octanol–water partition coefficient (Wildman–Crippen LogP) is 4.69. The Labute approximate surface area is 155 Å². The Morgan fingerprint density at radius 2 is 1.60 bits per heavy atom. The second kappa shape index (κ2) is 9.02. The monoisotopic (exact) mass is 356 g/mol. The van der Waals surface area contributed by atoms with E-state index in [1.807, 2.05) is 48.5 Å². The SMILES string of the molecule is O=C(NC[C@H](c1ccccc1Cl)N1CCCCCC1)c1ccccc1. The summed E-state index contributed by atoms with van der Waals surface area (Å²) in [6, 6.07) is 17.5. The Bertz CT molecular complexity index is 681. The van der Waals surface area contributed by atoms with Gasteiger partial charge in [-0.2, -0.15) is 0 Å². The van der Waals surface area contributed by atoms with Crippen LogP contribution in [0, 0.1) is 0 Å². The number of carbonyl (C=O) groups excluding carboxylic acids is 1. The zero-order valence-electron chi connectivity index (χ0n) is 14.5. The molecule has 132 valence electrons. The number of halogens is 1. The number of benzene rings is 2. The first-order valence-electron chi connectivity index (χ1n) is 9.07. The molecule has 2 aromatic carbocycles. The van der Waals surface area contributed by atoms with E-state index in [0.717, 1.165) is 23.7 Å². The van der Waals surface area contributed by atoms with Gasteiger partial charge in [0.1, 0.15) is 0 Å². The first-order valence-corrected chi connectivity index (χ1v) is 9.45. The van der Waals surface area contributed by atoms with Crippen LogP contribution in [0.1, 0.15) is 47.6 Å². The largest absolute Gasteiger partial charge is 0.350 e. The molecule has 25 heavy (non-hydrogen) atoms. The number of nitrogens with zero attached hydrogens (tertiary/aromatic N) is 1. The molecule has 0 aliphatic carbocycles. The molecule has 3 nitrogen and oxygen atoms in total. The molecular weight excluding hydrogens is 332 g/mol. The lowest BCUT2D eigenvalue weighted by Crippen LogP contribution is -2.38. The Hall–Kier alpha value is -1.84. The number of likely N-dealkylation sites (tertiary alicyclic amines) is 1. The van der Waals surface area contributed by atoms with Crippen LogP contribution in [0.3, 0.4) is 0 Å². The summed E-state index contributed by atoms with van der Waals surface area (Å²) in [5, 5.41) is 3.87. The summed E-state index contributed by atoms with van der Waals surface area (Å²) in [7, 11) is 0. The minimum Gasteiger partial charge on any atom is -0.350 e. The van der Waals surface area contributed by atoms with Crippen LogP contribution in [-0.4, -0.2) is 30.4 Å². The van der Waals surface area contributed by atoms with Gasteiger partial charge in [-0.05, 0) is 49.7 Å². The minimum absolute atomic E-state index is 0.0347.